The fourth-order valence-electron chi connectivity index (χ4n) is 3.33. The summed E-state index contributed by atoms with van der Waals surface area (Å²) in [6.07, 6.45) is 3.80. The Hall–Kier alpha value is -2.50. The van der Waals surface area contributed by atoms with Gasteiger partial charge in [0.2, 0.25) is 5.91 Å². The van der Waals surface area contributed by atoms with Crippen LogP contribution in [0.5, 0.6) is 0 Å². The molecule has 1 fully saturated rings. The first-order valence-corrected chi connectivity index (χ1v) is 9.17. The number of para-hydroxylation sites is 1. The number of hydrogen-bond acceptors (Lipinski definition) is 3. The predicted molar refractivity (Wildman–Crippen MR) is 101 cm³/mol. The molecule has 0 saturated carbocycles. The number of likely N-dealkylation sites (tertiary alicyclic amines) is 1. The number of rotatable bonds is 4. The number of carbonyl (C=O) groups is 2. The lowest BCUT2D eigenvalue weighted by molar-refractivity contribution is -0.132. The zero-order chi connectivity index (χ0) is 18.7. The zero-order valence-corrected chi connectivity index (χ0v) is 15.7. The van der Waals surface area contributed by atoms with Gasteiger partial charge in [-0.25, -0.2) is 4.79 Å². The third kappa shape index (κ3) is 4.36. The van der Waals surface area contributed by atoms with Crippen LogP contribution in [-0.4, -0.2) is 46.6 Å². The van der Waals surface area contributed by atoms with E-state index in [2.05, 4.69) is 10.3 Å². The maximum atomic E-state index is 13.0. The molecule has 26 heavy (non-hydrogen) atoms. The zero-order valence-electron chi connectivity index (χ0n) is 15.7. The standard InChI is InChI=1S/C20H27N3O3/c1-20(2,3)26-19(25)22-17(18(24)23-10-6-7-11-23)12-14-13-21-16-9-5-4-8-15(14)16/h4-5,8-9,13,17,21H,6-7,10-12H2,1-3H3,(H,22,25)/t17-/m0/s1. The van der Waals surface area contributed by atoms with Crippen molar-refractivity contribution >= 4 is 22.9 Å². The van der Waals surface area contributed by atoms with Crippen LogP contribution in [-0.2, 0) is 16.0 Å². The second-order valence-electron chi connectivity index (χ2n) is 7.79. The number of fused-ring (bicyclic) bond motifs is 1. The highest BCUT2D eigenvalue weighted by Crippen LogP contribution is 2.20. The average Bonchev–Trinajstić information content (AvgIpc) is 3.22. The molecule has 1 atom stereocenters. The first-order chi connectivity index (χ1) is 12.3. The molecule has 6 heteroatoms. The predicted octanol–water partition coefficient (Wildman–Crippen LogP) is 3.23. The van der Waals surface area contributed by atoms with Crippen molar-refractivity contribution in [3.8, 4) is 0 Å². The average molecular weight is 357 g/mol. The number of H-pyrrole nitrogens is 1. The number of benzene rings is 1. The second kappa shape index (κ2) is 7.40. The van der Waals surface area contributed by atoms with Crippen LogP contribution in [0, 0.1) is 0 Å². The van der Waals surface area contributed by atoms with Gasteiger partial charge < -0.3 is 19.9 Å². The molecule has 1 aliphatic heterocycles. The second-order valence-corrected chi connectivity index (χ2v) is 7.79. The van der Waals surface area contributed by atoms with Gasteiger partial charge in [0.1, 0.15) is 11.6 Å². The number of carbonyl (C=O) groups excluding carboxylic acids is 2. The minimum absolute atomic E-state index is 0.0429. The lowest BCUT2D eigenvalue weighted by atomic mass is 10.0. The smallest absolute Gasteiger partial charge is 0.408 e. The lowest BCUT2D eigenvalue weighted by Crippen LogP contribution is -2.50. The summed E-state index contributed by atoms with van der Waals surface area (Å²) in [6.45, 7) is 6.93. The number of aromatic amines is 1. The van der Waals surface area contributed by atoms with Crippen LogP contribution in [0.2, 0.25) is 0 Å². The third-order valence-electron chi connectivity index (χ3n) is 4.51. The number of amides is 2. The van der Waals surface area contributed by atoms with E-state index in [1.165, 1.54) is 0 Å². The van der Waals surface area contributed by atoms with Gasteiger partial charge in [0.25, 0.3) is 0 Å². The van der Waals surface area contributed by atoms with E-state index in [9.17, 15) is 9.59 Å². The Bertz CT molecular complexity index is 785. The highest BCUT2D eigenvalue weighted by molar-refractivity contribution is 5.88. The van der Waals surface area contributed by atoms with Crippen molar-refractivity contribution in [3.63, 3.8) is 0 Å². The van der Waals surface area contributed by atoms with E-state index >= 15 is 0 Å². The van der Waals surface area contributed by atoms with Crippen molar-refractivity contribution in [3.05, 3.63) is 36.0 Å². The Morgan fingerprint density at radius 1 is 1.23 bits per heavy atom. The molecule has 2 amide bonds. The minimum atomic E-state index is -0.637. The third-order valence-corrected chi connectivity index (χ3v) is 4.51. The van der Waals surface area contributed by atoms with Crippen molar-refractivity contribution in [1.29, 1.82) is 0 Å². The van der Waals surface area contributed by atoms with E-state index in [1.54, 1.807) is 0 Å². The Kier molecular flexibility index (Phi) is 5.20. The van der Waals surface area contributed by atoms with Crippen LogP contribution < -0.4 is 5.32 Å². The number of nitrogens with zero attached hydrogens (tertiary/aromatic N) is 1. The number of hydrogen-bond donors (Lipinski definition) is 2. The van der Waals surface area contributed by atoms with Crippen LogP contribution in [0.3, 0.4) is 0 Å². The fourth-order valence-corrected chi connectivity index (χ4v) is 3.33. The molecule has 6 nitrogen and oxygen atoms in total. The molecule has 140 valence electrons. The molecule has 1 saturated heterocycles. The Balaban J connectivity index is 1.80. The lowest BCUT2D eigenvalue weighted by Gasteiger charge is -2.26. The van der Waals surface area contributed by atoms with E-state index in [1.807, 2.05) is 56.1 Å². The van der Waals surface area contributed by atoms with Crippen LogP contribution in [0.4, 0.5) is 4.79 Å². The molecule has 3 rings (SSSR count). The minimum Gasteiger partial charge on any atom is -0.444 e. The van der Waals surface area contributed by atoms with Gasteiger partial charge in [-0.05, 0) is 45.2 Å². The fraction of sp³-hybridized carbons (Fsp3) is 0.500. The van der Waals surface area contributed by atoms with E-state index in [0.29, 0.717) is 6.42 Å². The summed E-state index contributed by atoms with van der Waals surface area (Å²) in [5, 5.41) is 3.85. The summed E-state index contributed by atoms with van der Waals surface area (Å²) in [7, 11) is 0. The SMILES string of the molecule is CC(C)(C)OC(=O)N[C@@H](Cc1c[nH]c2ccccc12)C(=O)N1CCCC1. The summed E-state index contributed by atoms with van der Waals surface area (Å²) in [5.41, 5.74) is 1.42. The van der Waals surface area contributed by atoms with Crippen molar-refractivity contribution in [2.24, 2.45) is 0 Å². The Morgan fingerprint density at radius 3 is 2.62 bits per heavy atom. The number of ether oxygens (including phenoxy) is 1. The molecule has 1 aliphatic rings. The van der Waals surface area contributed by atoms with Crippen LogP contribution >= 0.6 is 0 Å². The van der Waals surface area contributed by atoms with Gasteiger partial charge in [0.15, 0.2) is 0 Å². The normalized spacial score (nSPS) is 15.9. The van der Waals surface area contributed by atoms with E-state index in [0.717, 1.165) is 42.4 Å². The van der Waals surface area contributed by atoms with Crippen molar-refractivity contribution < 1.29 is 14.3 Å². The maximum absolute atomic E-state index is 13.0. The Morgan fingerprint density at radius 2 is 1.92 bits per heavy atom. The van der Waals surface area contributed by atoms with E-state index in [4.69, 9.17) is 4.74 Å². The number of aromatic nitrogens is 1. The van der Waals surface area contributed by atoms with Gasteiger partial charge in [-0.1, -0.05) is 18.2 Å². The highest BCUT2D eigenvalue weighted by atomic mass is 16.6. The molecule has 0 aliphatic carbocycles. The van der Waals surface area contributed by atoms with Crippen LogP contribution in [0.1, 0.15) is 39.2 Å². The summed E-state index contributed by atoms with van der Waals surface area (Å²) in [4.78, 5) is 30.3. The molecule has 0 radical (unpaired) electrons. The molecule has 2 heterocycles. The topological polar surface area (TPSA) is 74.4 Å². The van der Waals surface area contributed by atoms with Crippen LogP contribution in [0.25, 0.3) is 10.9 Å². The van der Waals surface area contributed by atoms with E-state index < -0.39 is 17.7 Å². The summed E-state index contributed by atoms with van der Waals surface area (Å²) in [5.74, 6) is -0.0429. The van der Waals surface area contributed by atoms with Gasteiger partial charge in [0, 0.05) is 36.6 Å². The Labute approximate surface area is 153 Å². The van der Waals surface area contributed by atoms with Gasteiger partial charge >= 0.3 is 6.09 Å². The first kappa shape index (κ1) is 18.3. The molecular formula is C20H27N3O3. The van der Waals surface area contributed by atoms with Gasteiger partial charge in [0.05, 0.1) is 0 Å². The molecule has 1 aromatic heterocycles. The molecule has 1 aromatic carbocycles. The monoisotopic (exact) mass is 357 g/mol. The maximum Gasteiger partial charge on any atom is 0.408 e. The summed E-state index contributed by atoms with van der Waals surface area (Å²) < 4.78 is 5.36. The quantitative estimate of drug-likeness (QED) is 0.882. The van der Waals surface area contributed by atoms with Gasteiger partial charge in [-0.3, -0.25) is 4.79 Å². The number of alkyl carbamates (subject to hydrolysis) is 1. The molecule has 0 bridgehead atoms. The highest BCUT2D eigenvalue weighted by Gasteiger charge is 2.30. The van der Waals surface area contributed by atoms with Crippen molar-refractivity contribution in [1.82, 2.24) is 15.2 Å². The van der Waals surface area contributed by atoms with Crippen molar-refractivity contribution in [2.75, 3.05) is 13.1 Å². The largest absolute Gasteiger partial charge is 0.444 e. The molecule has 2 N–H and O–H groups in total. The summed E-state index contributed by atoms with van der Waals surface area (Å²) in [6, 6.07) is 7.32. The molecule has 0 unspecified atom stereocenters. The van der Waals surface area contributed by atoms with Crippen molar-refractivity contribution in [2.45, 2.75) is 51.7 Å². The van der Waals surface area contributed by atoms with E-state index in [-0.39, 0.29) is 5.91 Å². The van der Waals surface area contributed by atoms with Crippen LogP contribution in [0.15, 0.2) is 30.5 Å². The van der Waals surface area contributed by atoms with Gasteiger partial charge in [-0.15, -0.1) is 0 Å². The van der Waals surface area contributed by atoms with Gasteiger partial charge in [-0.2, -0.15) is 0 Å². The first-order valence-electron chi connectivity index (χ1n) is 9.17. The molecular weight excluding hydrogens is 330 g/mol. The molecule has 0 spiro atoms. The summed E-state index contributed by atoms with van der Waals surface area (Å²) >= 11 is 0. The molecule has 2 aromatic rings. The number of nitrogens with one attached hydrogen (secondary N) is 2.